The van der Waals surface area contributed by atoms with Gasteiger partial charge in [0.2, 0.25) is 5.91 Å². The molecule has 4 N–H and O–H groups in total. The molecule has 0 aliphatic carbocycles. The van der Waals surface area contributed by atoms with Gasteiger partial charge in [0.15, 0.2) is 31.0 Å². The number of esters is 3. The summed E-state index contributed by atoms with van der Waals surface area (Å²) in [6.07, 6.45) is -15.7. The van der Waals surface area contributed by atoms with Crippen LogP contribution in [0, 0.1) is 0 Å². The maximum absolute atomic E-state index is 13.6. The van der Waals surface area contributed by atoms with E-state index in [-0.39, 0.29) is 28.4 Å². The van der Waals surface area contributed by atoms with Crippen LogP contribution in [0.1, 0.15) is 53.3 Å². The summed E-state index contributed by atoms with van der Waals surface area (Å²) in [6, 6.07) is 21.0. The number of anilines is 1. The third-order valence-corrected chi connectivity index (χ3v) is 9.47. The zero-order valence-electron chi connectivity index (χ0n) is 30.9. The van der Waals surface area contributed by atoms with Crippen LogP contribution in [-0.2, 0) is 52.3 Å². The number of ether oxygens (including phenoxy) is 8. The van der Waals surface area contributed by atoms with Crippen LogP contribution in [0.2, 0.25) is 5.02 Å². The highest BCUT2D eigenvalue weighted by Crippen LogP contribution is 2.37. The van der Waals surface area contributed by atoms with Crippen molar-refractivity contribution in [3.8, 4) is 0 Å². The Balaban J connectivity index is 1.28. The second kappa shape index (κ2) is 18.5. The smallest absolute Gasteiger partial charge is 0.338 e. The molecular weight excluding hydrogens is 772 g/mol. The van der Waals surface area contributed by atoms with Gasteiger partial charge in [-0.15, -0.1) is 0 Å². The highest BCUT2D eigenvalue weighted by Gasteiger charge is 2.55. The van der Waals surface area contributed by atoms with E-state index in [9.17, 15) is 34.2 Å². The number of carbonyl (C=O) groups is 5. The standard InChI is InChI=1S/C39H41ClN2O15/c1-19(43)41-26-16-24(14-15-25(26)40)35(48)42-36-33(52-20(2)44)29(46)31(27(54-36)17-50-37(49)22-10-6-4-7-11-22)57-39-34(53-21(3)45)30(47)32-28(55-39)18-51-38(56-32)23-12-8-5-9-13-23/h4-16,27-34,36,38-39,46-47H,17-18H2,1-3H3,(H,41,43)(H,42,48)/t27-,28-,29+,30+,31-,32-,33-,34-,36-,38+,39-/m1/s1. The van der Waals surface area contributed by atoms with Crippen LogP contribution in [0.4, 0.5) is 5.69 Å². The van der Waals surface area contributed by atoms with Crippen LogP contribution in [0.3, 0.4) is 0 Å². The van der Waals surface area contributed by atoms with E-state index in [0.717, 1.165) is 13.8 Å². The lowest BCUT2D eigenvalue weighted by Crippen LogP contribution is -2.68. The molecule has 3 aromatic carbocycles. The Morgan fingerprint density at radius 1 is 0.789 bits per heavy atom. The topological polar surface area (TPSA) is 224 Å². The van der Waals surface area contributed by atoms with Crippen LogP contribution < -0.4 is 10.6 Å². The molecule has 6 rings (SSSR count). The molecule has 0 radical (unpaired) electrons. The summed E-state index contributed by atoms with van der Waals surface area (Å²) in [5.74, 6) is -3.68. The molecule has 11 atom stereocenters. The fourth-order valence-electron chi connectivity index (χ4n) is 6.58. The SMILES string of the molecule is CC(=O)Nc1cc(C(=O)N[C@@H]2O[C@H](COC(=O)c3ccccc3)[C@@H](O[C@H]3O[C@@H]4CO[C@H](c5ccccc5)O[C@H]4[C@H](O)[C@H]3OC(C)=O)[C@H](O)[C@H]2OC(C)=O)ccc1Cl. The molecule has 0 bridgehead atoms. The van der Waals surface area contributed by atoms with Crippen LogP contribution >= 0.6 is 11.6 Å². The fourth-order valence-corrected chi connectivity index (χ4v) is 6.74. The van der Waals surface area contributed by atoms with E-state index in [1.807, 2.05) is 6.07 Å². The van der Waals surface area contributed by atoms with Crippen LogP contribution in [0.5, 0.6) is 0 Å². The van der Waals surface area contributed by atoms with Crippen molar-refractivity contribution in [2.24, 2.45) is 0 Å². The van der Waals surface area contributed by atoms with E-state index in [2.05, 4.69) is 10.6 Å². The predicted octanol–water partition coefficient (Wildman–Crippen LogP) is 2.42. The number of aliphatic hydroxyl groups is 2. The average molecular weight is 813 g/mol. The quantitative estimate of drug-likeness (QED) is 0.161. The van der Waals surface area contributed by atoms with Crippen molar-refractivity contribution < 1.29 is 72.1 Å². The van der Waals surface area contributed by atoms with Crippen molar-refractivity contribution in [2.75, 3.05) is 18.5 Å². The number of aliphatic hydroxyl groups excluding tert-OH is 2. The molecule has 2 amide bonds. The second-order valence-corrected chi connectivity index (χ2v) is 13.8. The highest BCUT2D eigenvalue weighted by atomic mass is 35.5. The van der Waals surface area contributed by atoms with Crippen molar-refractivity contribution >= 4 is 47.0 Å². The molecular formula is C39H41ClN2O15. The van der Waals surface area contributed by atoms with E-state index in [1.165, 1.54) is 37.3 Å². The Hall–Kier alpha value is -4.98. The average Bonchev–Trinajstić information content (AvgIpc) is 3.18. The first kappa shape index (κ1) is 41.6. The lowest BCUT2D eigenvalue weighted by Gasteiger charge is -2.49. The molecule has 57 heavy (non-hydrogen) atoms. The van der Waals surface area contributed by atoms with Gasteiger partial charge in [-0.25, -0.2) is 4.79 Å². The Bertz CT molecular complexity index is 1920. The van der Waals surface area contributed by atoms with Gasteiger partial charge in [-0.05, 0) is 30.3 Å². The van der Waals surface area contributed by atoms with Crippen molar-refractivity contribution in [1.29, 1.82) is 0 Å². The molecule has 0 aromatic heterocycles. The van der Waals surface area contributed by atoms with E-state index >= 15 is 0 Å². The lowest BCUT2D eigenvalue weighted by molar-refractivity contribution is -0.379. The summed E-state index contributed by atoms with van der Waals surface area (Å²) in [4.78, 5) is 63.1. The van der Waals surface area contributed by atoms with Gasteiger partial charge >= 0.3 is 17.9 Å². The summed E-state index contributed by atoms with van der Waals surface area (Å²) in [5.41, 5.74) is 1.00. The molecule has 3 fully saturated rings. The number of halogens is 1. The molecule has 3 heterocycles. The Morgan fingerprint density at radius 3 is 2.12 bits per heavy atom. The first-order chi connectivity index (χ1) is 27.3. The monoisotopic (exact) mass is 812 g/mol. The number of hydrogen-bond donors (Lipinski definition) is 4. The third kappa shape index (κ3) is 10.1. The fraction of sp³-hybridized carbons (Fsp3) is 0.410. The zero-order valence-corrected chi connectivity index (χ0v) is 31.6. The Kier molecular flexibility index (Phi) is 13.5. The van der Waals surface area contributed by atoms with Gasteiger partial charge in [-0.2, -0.15) is 0 Å². The van der Waals surface area contributed by atoms with Gasteiger partial charge in [0.05, 0.1) is 22.9 Å². The number of nitrogens with one attached hydrogen (secondary N) is 2. The van der Waals surface area contributed by atoms with Crippen molar-refractivity contribution in [3.05, 3.63) is 101 Å². The van der Waals surface area contributed by atoms with Crippen LogP contribution in [-0.4, -0.2) is 114 Å². The molecule has 3 aromatic rings. The third-order valence-electron chi connectivity index (χ3n) is 9.14. The van der Waals surface area contributed by atoms with Gasteiger partial charge in [-0.3, -0.25) is 19.2 Å². The first-order valence-electron chi connectivity index (χ1n) is 17.9. The minimum atomic E-state index is -1.84. The zero-order chi connectivity index (χ0) is 40.8. The summed E-state index contributed by atoms with van der Waals surface area (Å²) in [5, 5.41) is 28.7. The van der Waals surface area contributed by atoms with Gasteiger partial charge in [0.1, 0.15) is 43.2 Å². The highest BCUT2D eigenvalue weighted by molar-refractivity contribution is 6.33. The number of benzene rings is 3. The Morgan fingerprint density at radius 2 is 1.46 bits per heavy atom. The predicted molar refractivity (Wildman–Crippen MR) is 195 cm³/mol. The van der Waals surface area contributed by atoms with E-state index in [4.69, 9.17) is 49.5 Å². The van der Waals surface area contributed by atoms with E-state index < -0.39 is 104 Å². The summed E-state index contributed by atoms with van der Waals surface area (Å²) in [6.45, 7) is 2.76. The molecule has 18 heteroatoms. The second-order valence-electron chi connectivity index (χ2n) is 13.4. The lowest BCUT2D eigenvalue weighted by atomic mass is 9.95. The molecule has 3 aliphatic heterocycles. The van der Waals surface area contributed by atoms with Gasteiger partial charge in [-0.1, -0.05) is 60.1 Å². The van der Waals surface area contributed by atoms with Gasteiger partial charge < -0.3 is 58.7 Å². The molecule has 3 aliphatic rings. The Labute approximate surface area is 331 Å². The molecule has 17 nitrogen and oxygen atoms in total. The molecule has 0 spiro atoms. The summed E-state index contributed by atoms with van der Waals surface area (Å²) >= 11 is 6.19. The minimum absolute atomic E-state index is 0.00281. The van der Waals surface area contributed by atoms with Crippen LogP contribution in [0.15, 0.2) is 78.9 Å². The van der Waals surface area contributed by atoms with Gasteiger partial charge in [0, 0.05) is 31.9 Å². The van der Waals surface area contributed by atoms with E-state index in [1.54, 1.807) is 42.5 Å². The minimum Gasteiger partial charge on any atom is -0.459 e. The van der Waals surface area contributed by atoms with Crippen LogP contribution in [0.25, 0.3) is 0 Å². The van der Waals surface area contributed by atoms with Gasteiger partial charge in [0.25, 0.3) is 5.91 Å². The normalized spacial score (nSPS) is 29.5. The number of amides is 2. The maximum atomic E-state index is 13.6. The largest absolute Gasteiger partial charge is 0.459 e. The molecule has 0 saturated carbocycles. The number of carbonyl (C=O) groups excluding carboxylic acids is 5. The summed E-state index contributed by atoms with van der Waals surface area (Å²) < 4.78 is 47.1. The molecule has 0 unspecified atom stereocenters. The van der Waals surface area contributed by atoms with E-state index in [0.29, 0.717) is 5.56 Å². The number of hydrogen-bond acceptors (Lipinski definition) is 15. The van der Waals surface area contributed by atoms with Crippen molar-refractivity contribution in [1.82, 2.24) is 5.32 Å². The molecule has 304 valence electrons. The first-order valence-corrected chi connectivity index (χ1v) is 18.3. The van der Waals surface area contributed by atoms with Crippen molar-refractivity contribution in [2.45, 2.75) is 88.4 Å². The molecule has 3 saturated heterocycles. The summed E-state index contributed by atoms with van der Waals surface area (Å²) in [7, 11) is 0. The maximum Gasteiger partial charge on any atom is 0.338 e. The van der Waals surface area contributed by atoms with Crippen molar-refractivity contribution in [3.63, 3.8) is 0 Å². The number of rotatable bonds is 11. The number of fused-ring (bicyclic) bond motifs is 1.